The molecular weight excluding hydrogens is 470 g/mol. The third-order valence-corrected chi connectivity index (χ3v) is 7.53. The van der Waals surface area contributed by atoms with Crippen LogP contribution in [0.25, 0.3) is 0 Å². The van der Waals surface area contributed by atoms with Gasteiger partial charge < -0.3 is 14.5 Å². The molecule has 5 nitrogen and oxygen atoms in total. The zero-order valence-corrected chi connectivity index (χ0v) is 20.0. The zero-order valence-electron chi connectivity index (χ0n) is 19.2. The van der Waals surface area contributed by atoms with E-state index >= 15 is 0 Å². The third kappa shape index (κ3) is 5.37. The molecule has 0 N–H and O–H groups in total. The lowest BCUT2D eigenvalue weighted by molar-refractivity contribution is -0.135. The second-order valence-electron chi connectivity index (χ2n) is 9.03. The lowest BCUT2D eigenvalue weighted by Gasteiger charge is -2.37. The number of hydrogen-bond acceptors (Lipinski definition) is 4. The minimum Gasteiger partial charge on any atom is -0.491 e. The van der Waals surface area contributed by atoms with E-state index in [4.69, 9.17) is 4.74 Å². The van der Waals surface area contributed by atoms with Gasteiger partial charge in [-0.3, -0.25) is 9.59 Å². The van der Waals surface area contributed by atoms with Gasteiger partial charge in [0.2, 0.25) is 5.91 Å². The summed E-state index contributed by atoms with van der Waals surface area (Å²) in [6.07, 6.45) is 2.74. The summed E-state index contributed by atoms with van der Waals surface area (Å²) in [7, 11) is 0. The van der Waals surface area contributed by atoms with Gasteiger partial charge in [0.15, 0.2) is 0 Å². The Labute approximate surface area is 206 Å². The van der Waals surface area contributed by atoms with Crippen LogP contribution in [0, 0.1) is 17.6 Å². The van der Waals surface area contributed by atoms with E-state index in [1.807, 2.05) is 11.4 Å². The second kappa shape index (κ2) is 10.2. The number of thiophene rings is 1. The molecule has 35 heavy (non-hydrogen) atoms. The van der Waals surface area contributed by atoms with E-state index in [1.165, 1.54) is 34.0 Å². The van der Waals surface area contributed by atoms with E-state index < -0.39 is 11.7 Å². The van der Waals surface area contributed by atoms with E-state index in [0.717, 1.165) is 24.8 Å². The first-order chi connectivity index (χ1) is 17.0. The monoisotopic (exact) mass is 496 g/mol. The summed E-state index contributed by atoms with van der Waals surface area (Å²) in [4.78, 5) is 31.2. The highest BCUT2D eigenvalue weighted by Crippen LogP contribution is 2.35. The first-order valence-corrected chi connectivity index (χ1v) is 12.7. The van der Waals surface area contributed by atoms with E-state index in [9.17, 15) is 18.4 Å². The van der Waals surface area contributed by atoms with Crippen molar-refractivity contribution in [3.8, 4) is 5.75 Å². The number of halogens is 2. The summed E-state index contributed by atoms with van der Waals surface area (Å²) in [5.41, 5.74) is 1.02. The van der Waals surface area contributed by atoms with Crippen molar-refractivity contribution >= 4 is 23.2 Å². The Kier molecular flexibility index (Phi) is 6.81. The van der Waals surface area contributed by atoms with E-state index in [2.05, 4.69) is 0 Å². The van der Waals surface area contributed by atoms with Crippen LogP contribution in [-0.2, 0) is 11.2 Å². The molecular formula is C27H26F2N2O3S. The summed E-state index contributed by atoms with van der Waals surface area (Å²) in [6.45, 7) is 1.04. The Morgan fingerprint density at radius 1 is 1.06 bits per heavy atom. The summed E-state index contributed by atoms with van der Waals surface area (Å²) in [6, 6.07) is 13.3. The highest BCUT2D eigenvalue weighted by atomic mass is 32.1. The van der Waals surface area contributed by atoms with Gasteiger partial charge in [-0.1, -0.05) is 12.1 Å². The van der Waals surface area contributed by atoms with E-state index in [1.54, 1.807) is 40.5 Å². The maximum Gasteiger partial charge on any atom is 0.257 e. The lowest BCUT2D eigenvalue weighted by Crippen LogP contribution is -2.48. The average molecular weight is 497 g/mol. The normalized spacial score (nSPS) is 17.1. The van der Waals surface area contributed by atoms with Crippen LogP contribution in [0.15, 0.2) is 60.0 Å². The van der Waals surface area contributed by atoms with E-state index in [0.29, 0.717) is 24.8 Å². The number of nitrogens with zero attached hydrogens (tertiary/aromatic N) is 2. The molecule has 0 saturated heterocycles. The zero-order chi connectivity index (χ0) is 24.4. The van der Waals surface area contributed by atoms with Crippen molar-refractivity contribution in [3.63, 3.8) is 0 Å². The highest BCUT2D eigenvalue weighted by Gasteiger charge is 2.35. The molecule has 1 aromatic heterocycles. The first kappa shape index (κ1) is 23.5. The molecule has 1 saturated carbocycles. The fourth-order valence-corrected chi connectivity index (χ4v) is 5.40. The van der Waals surface area contributed by atoms with Gasteiger partial charge in [-0.15, -0.1) is 11.3 Å². The second-order valence-corrected chi connectivity index (χ2v) is 10.0. The molecule has 2 amide bonds. The Morgan fingerprint density at radius 2 is 1.83 bits per heavy atom. The van der Waals surface area contributed by atoms with Crippen LogP contribution < -0.4 is 4.74 Å². The average Bonchev–Trinajstić information content (AvgIpc) is 3.55. The van der Waals surface area contributed by atoms with Crippen LogP contribution in [0.1, 0.15) is 39.7 Å². The number of rotatable bonds is 8. The fourth-order valence-electron chi connectivity index (χ4n) is 4.47. The van der Waals surface area contributed by atoms with Gasteiger partial charge in [-0.2, -0.15) is 0 Å². The predicted molar refractivity (Wildman–Crippen MR) is 129 cm³/mol. The number of amides is 2. The Balaban J connectivity index is 1.34. The number of hydrogen-bond donors (Lipinski definition) is 0. The summed E-state index contributed by atoms with van der Waals surface area (Å²) in [5.74, 6) is -0.720. The minimum atomic E-state index is -0.586. The van der Waals surface area contributed by atoms with Gasteiger partial charge in [0.25, 0.3) is 5.91 Å². The quantitative estimate of drug-likeness (QED) is 0.437. The van der Waals surface area contributed by atoms with Crippen molar-refractivity contribution < 1.29 is 23.1 Å². The van der Waals surface area contributed by atoms with Gasteiger partial charge in [0.05, 0.1) is 11.6 Å². The molecule has 0 bridgehead atoms. The fraction of sp³-hybridized carbons (Fsp3) is 0.333. The molecule has 0 unspecified atom stereocenters. The number of carbonyl (C=O) groups excluding carboxylic acids is 2. The maximum absolute atomic E-state index is 14.3. The van der Waals surface area contributed by atoms with Gasteiger partial charge in [0, 0.05) is 18.0 Å². The topological polar surface area (TPSA) is 49.9 Å². The van der Waals surface area contributed by atoms with Crippen LogP contribution in [0.2, 0.25) is 0 Å². The Bertz CT molecular complexity index is 1210. The number of ether oxygens (including phenoxy) is 1. The molecule has 2 aromatic carbocycles. The van der Waals surface area contributed by atoms with Crippen molar-refractivity contribution in [2.45, 2.75) is 25.3 Å². The molecule has 0 spiro atoms. The van der Waals surface area contributed by atoms with Crippen molar-refractivity contribution in [2.75, 3.05) is 26.2 Å². The van der Waals surface area contributed by atoms with Gasteiger partial charge in [-0.05, 0) is 78.6 Å². The van der Waals surface area contributed by atoms with Crippen LogP contribution in [0.3, 0.4) is 0 Å². The Hall–Kier alpha value is -3.26. The summed E-state index contributed by atoms with van der Waals surface area (Å²) in [5, 5.41) is 2.00. The molecule has 0 radical (unpaired) electrons. The molecule has 5 rings (SSSR count). The van der Waals surface area contributed by atoms with Gasteiger partial charge >= 0.3 is 0 Å². The van der Waals surface area contributed by atoms with Crippen LogP contribution in [0.5, 0.6) is 5.75 Å². The summed E-state index contributed by atoms with van der Waals surface area (Å²) < 4.78 is 33.5. The molecule has 2 aliphatic rings. The molecule has 2 heterocycles. The number of fused-ring (bicyclic) bond motifs is 1. The standard InChI is InChI=1S/C27H26F2N2O3S/c28-19-7-9-20(10-8-19)34-17-24-22-12-14-35-25(22)11-13-31(24)26(32)16-30(15-18-5-6-18)27(33)21-3-1-2-4-23(21)29/h1-4,7-10,12,14,18,24H,5-6,11,13,15-17H2/t24-/m1/s1. The maximum atomic E-state index is 14.3. The van der Waals surface area contributed by atoms with Crippen LogP contribution in [0.4, 0.5) is 8.78 Å². The molecule has 3 aromatic rings. The highest BCUT2D eigenvalue weighted by molar-refractivity contribution is 7.10. The van der Waals surface area contributed by atoms with Crippen molar-refractivity contribution in [1.82, 2.24) is 9.80 Å². The first-order valence-electron chi connectivity index (χ1n) is 11.8. The van der Waals surface area contributed by atoms with Gasteiger partial charge in [0.1, 0.15) is 30.5 Å². The third-order valence-electron chi connectivity index (χ3n) is 6.53. The van der Waals surface area contributed by atoms with Crippen molar-refractivity contribution in [2.24, 2.45) is 5.92 Å². The SMILES string of the molecule is O=C(c1ccccc1F)N(CC(=O)N1CCc2sccc2[C@H]1COc1ccc(F)cc1)CC1CC1. The number of benzene rings is 2. The molecule has 1 fully saturated rings. The molecule has 182 valence electrons. The lowest BCUT2D eigenvalue weighted by atomic mass is 10.00. The number of carbonyl (C=O) groups is 2. The van der Waals surface area contributed by atoms with Crippen molar-refractivity contribution in [3.05, 3.63) is 87.6 Å². The molecule has 8 heteroatoms. The minimum absolute atomic E-state index is 0.0177. The molecule has 1 aliphatic heterocycles. The smallest absolute Gasteiger partial charge is 0.257 e. The largest absolute Gasteiger partial charge is 0.491 e. The summed E-state index contributed by atoms with van der Waals surface area (Å²) >= 11 is 1.65. The Morgan fingerprint density at radius 3 is 2.57 bits per heavy atom. The van der Waals surface area contributed by atoms with Crippen molar-refractivity contribution in [1.29, 1.82) is 0 Å². The van der Waals surface area contributed by atoms with Crippen LogP contribution in [-0.4, -0.2) is 47.9 Å². The van der Waals surface area contributed by atoms with Crippen LogP contribution >= 0.6 is 11.3 Å². The van der Waals surface area contributed by atoms with E-state index in [-0.39, 0.29) is 36.5 Å². The predicted octanol–water partition coefficient (Wildman–Crippen LogP) is 5.08. The molecule has 1 atom stereocenters. The van der Waals surface area contributed by atoms with Gasteiger partial charge in [-0.25, -0.2) is 8.78 Å². The molecule has 1 aliphatic carbocycles.